The Balaban J connectivity index is 1.29. The van der Waals surface area contributed by atoms with Crippen LogP contribution in [0.1, 0.15) is 41.9 Å². The number of hydrogen-bond acceptors (Lipinski definition) is 5. The molecule has 1 fully saturated rings. The zero-order valence-corrected chi connectivity index (χ0v) is 15.8. The second kappa shape index (κ2) is 7.84. The maximum Gasteiger partial charge on any atom is 0.260 e. The van der Waals surface area contributed by atoms with Gasteiger partial charge in [-0.15, -0.1) is 0 Å². The molecule has 2 aromatic carbocycles. The van der Waals surface area contributed by atoms with Crippen LogP contribution in [0.2, 0.25) is 0 Å². The number of oxazole rings is 1. The van der Waals surface area contributed by atoms with Crippen LogP contribution in [0.4, 0.5) is 0 Å². The van der Waals surface area contributed by atoms with Gasteiger partial charge in [-0.05, 0) is 56.2 Å². The molecule has 0 saturated carbocycles. The summed E-state index contributed by atoms with van der Waals surface area (Å²) in [5.41, 5.74) is 2.31. The molecule has 0 unspecified atom stereocenters. The molecule has 1 amide bonds. The molecule has 6 heteroatoms. The fourth-order valence-electron chi connectivity index (χ4n) is 3.46. The molecule has 3 aromatic rings. The molecule has 0 bridgehead atoms. The Hall–Kier alpha value is -3.15. The predicted molar refractivity (Wildman–Crippen MR) is 105 cm³/mol. The van der Waals surface area contributed by atoms with Gasteiger partial charge >= 0.3 is 0 Å². The van der Waals surface area contributed by atoms with Gasteiger partial charge in [-0.25, -0.2) is 4.98 Å². The Morgan fingerprint density at radius 2 is 1.82 bits per heavy atom. The van der Waals surface area contributed by atoms with Gasteiger partial charge in [0.15, 0.2) is 23.9 Å². The Kier molecular flexibility index (Phi) is 5.10. The number of benzene rings is 2. The van der Waals surface area contributed by atoms with Gasteiger partial charge in [0.2, 0.25) is 0 Å². The quantitative estimate of drug-likeness (QED) is 0.631. The van der Waals surface area contributed by atoms with Crippen molar-refractivity contribution >= 4 is 22.8 Å². The van der Waals surface area contributed by atoms with Gasteiger partial charge in [0.1, 0.15) is 11.3 Å². The molecule has 0 spiro atoms. The lowest BCUT2D eigenvalue weighted by Crippen LogP contribution is -2.40. The van der Waals surface area contributed by atoms with Crippen molar-refractivity contribution in [2.24, 2.45) is 0 Å². The third-order valence-electron chi connectivity index (χ3n) is 5.13. The Labute approximate surface area is 163 Å². The molecule has 2 heterocycles. The third kappa shape index (κ3) is 3.91. The Morgan fingerprint density at radius 1 is 1.11 bits per heavy atom. The lowest BCUT2D eigenvalue weighted by atomic mass is 9.97. The van der Waals surface area contributed by atoms with Gasteiger partial charge in [0.05, 0.1) is 0 Å². The van der Waals surface area contributed by atoms with Crippen molar-refractivity contribution in [1.82, 2.24) is 9.88 Å². The van der Waals surface area contributed by atoms with E-state index in [1.807, 2.05) is 29.2 Å². The van der Waals surface area contributed by atoms with Gasteiger partial charge in [-0.2, -0.15) is 0 Å². The first-order valence-corrected chi connectivity index (χ1v) is 9.47. The number of amides is 1. The first kappa shape index (κ1) is 18.2. The highest BCUT2D eigenvalue weighted by Gasteiger charge is 2.27. The maximum absolute atomic E-state index is 12.4. The number of hydrogen-bond donors (Lipinski definition) is 0. The summed E-state index contributed by atoms with van der Waals surface area (Å²) in [5, 5.41) is 0. The largest absolute Gasteiger partial charge is 0.484 e. The number of ketones is 1. The first-order valence-electron chi connectivity index (χ1n) is 9.47. The standard InChI is InChI=1S/C22H22N2O4/c1-15(25)16-6-8-18(9-7-16)27-14-21(26)24-12-10-17(11-13-24)22-23-19-4-2-3-5-20(19)28-22/h2-9,17H,10-14H2,1H3. The molecule has 1 aliphatic rings. The van der Waals surface area contributed by atoms with Crippen molar-refractivity contribution < 1.29 is 18.7 Å². The number of likely N-dealkylation sites (tertiary alicyclic amines) is 1. The van der Waals surface area contributed by atoms with Crippen molar-refractivity contribution in [3.05, 3.63) is 60.0 Å². The Bertz CT molecular complexity index is 952. The van der Waals surface area contributed by atoms with Gasteiger partial charge in [0.25, 0.3) is 5.91 Å². The smallest absolute Gasteiger partial charge is 0.260 e. The van der Waals surface area contributed by atoms with Crippen LogP contribution < -0.4 is 4.74 Å². The van der Waals surface area contributed by atoms with Gasteiger partial charge in [0, 0.05) is 24.6 Å². The average molecular weight is 378 g/mol. The van der Waals surface area contributed by atoms with Crippen molar-refractivity contribution in [1.29, 1.82) is 0 Å². The fraction of sp³-hybridized carbons (Fsp3) is 0.318. The average Bonchev–Trinajstić information content (AvgIpc) is 3.16. The fourth-order valence-corrected chi connectivity index (χ4v) is 3.46. The van der Waals surface area contributed by atoms with Crippen LogP contribution in [0, 0.1) is 0 Å². The van der Waals surface area contributed by atoms with E-state index in [1.54, 1.807) is 24.3 Å². The number of carbonyl (C=O) groups excluding carboxylic acids is 2. The molecule has 0 radical (unpaired) electrons. The second-order valence-corrected chi connectivity index (χ2v) is 7.04. The molecule has 1 aliphatic heterocycles. The molecule has 6 nitrogen and oxygen atoms in total. The van der Waals surface area contributed by atoms with E-state index < -0.39 is 0 Å². The summed E-state index contributed by atoms with van der Waals surface area (Å²) in [6.45, 7) is 2.83. The minimum Gasteiger partial charge on any atom is -0.484 e. The number of nitrogens with zero attached hydrogens (tertiary/aromatic N) is 2. The van der Waals surface area contributed by atoms with Crippen LogP contribution in [-0.4, -0.2) is 41.3 Å². The van der Waals surface area contributed by atoms with E-state index in [0.717, 1.165) is 29.8 Å². The summed E-state index contributed by atoms with van der Waals surface area (Å²) in [7, 11) is 0. The van der Waals surface area contributed by atoms with Crippen LogP contribution in [0.5, 0.6) is 5.75 Å². The van der Waals surface area contributed by atoms with Crippen molar-refractivity contribution in [2.45, 2.75) is 25.7 Å². The van der Waals surface area contributed by atoms with Crippen molar-refractivity contribution in [3.63, 3.8) is 0 Å². The summed E-state index contributed by atoms with van der Waals surface area (Å²) in [4.78, 5) is 30.1. The molecular formula is C22H22N2O4. The van der Waals surface area contributed by atoms with Crippen molar-refractivity contribution in [3.8, 4) is 5.75 Å². The second-order valence-electron chi connectivity index (χ2n) is 7.04. The minimum absolute atomic E-state index is 0.00411. The van der Waals surface area contributed by atoms with Gasteiger partial charge in [-0.3, -0.25) is 9.59 Å². The van der Waals surface area contributed by atoms with Gasteiger partial charge in [-0.1, -0.05) is 12.1 Å². The highest BCUT2D eigenvalue weighted by atomic mass is 16.5. The number of aromatic nitrogens is 1. The lowest BCUT2D eigenvalue weighted by molar-refractivity contribution is -0.134. The number of Topliss-reactive ketones (excluding diaryl/α,β-unsaturated/α-hetero) is 1. The molecule has 0 atom stereocenters. The molecule has 1 aromatic heterocycles. The van der Waals surface area contributed by atoms with E-state index in [0.29, 0.717) is 24.4 Å². The number of carbonyl (C=O) groups is 2. The van der Waals surface area contributed by atoms with E-state index in [2.05, 4.69) is 4.98 Å². The number of ether oxygens (including phenoxy) is 1. The SMILES string of the molecule is CC(=O)c1ccc(OCC(=O)N2CCC(c3nc4ccccc4o3)CC2)cc1. The minimum atomic E-state index is -0.0355. The summed E-state index contributed by atoms with van der Waals surface area (Å²) in [6, 6.07) is 14.6. The summed E-state index contributed by atoms with van der Waals surface area (Å²) < 4.78 is 11.4. The van der Waals surface area contributed by atoms with Crippen molar-refractivity contribution in [2.75, 3.05) is 19.7 Å². The maximum atomic E-state index is 12.4. The zero-order chi connectivity index (χ0) is 19.5. The number of piperidine rings is 1. The molecule has 4 rings (SSSR count). The lowest BCUT2D eigenvalue weighted by Gasteiger charge is -2.30. The molecule has 1 saturated heterocycles. The monoisotopic (exact) mass is 378 g/mol. The molecule has 144 valence electrons. The third-order valence-corrected chi connectivity index (χ3v) is 5.13. The van der Waals surface area contributed by atoms with E-state index in [-0.39, 0.29) is 24.2 Å². The van der Waals surface area contributed by atoms with Crippen LogP contribution in [-0.2, 0) is 4.79 Å². The molecule has 0 aliphatic carbocycles. The molecule has 28 heavy (non-hydrogen) atoms. The predicted octanol–water partition coefficient (Wildman–Crippen LogP) is 3.82. The Morgan fingerprint density at radius 3 is 2.50 bits per heavy atom. The molecule has 0 N–H and O–H groups in total. The highest BCUT2D eigenvalue weighted by Crippen LogP contribution is 2.30. The number of para-hydroxylation sites is 2. The summed E-state index contributed by atoms with van der Waals surface area (Å²) in [5.74, 6) is 1.54. The summed E-state index contributed by atoms with van der Waals surface area (Å²) in [6.07, 6.45) is 1.65. The first-order chi connectivity index (χ1) is 13.6. The van der Waals surface area contributed by atoms with E-state index in [1.165, 1.54) is 6.92 Å². The van der Waals surface area contributed by atoms with Crippen LogP contribution in [0.15, 0.2) is 52.9 Å². The number of fused-ring (bicyclic) bond motifs is 1. The highest BCUT2D eigenvalue weighted by molar-refractivity contribution is 5.94. The summed E-state index contributed by atoms with van der Waals surface area (Å²) >= 11 is 0. The van der Waals surface area contributed by atoms with Crippen LogP contribution in [0.25, 0.3) is 11.1 Å². The van der Waals surface area contributed by atoms with E-state index in [4.69, 9.17) is 9.15 Å². The topological polar surface area (TPSA) is 72.6 Å². The van der Waals surface area contributed by atoms with E-state index in [9.17, 15) is 9.59 Å². The molecular weight excluding hydrogens is 356 g/mol. The van der Waals surface area contributed by atoms with Gasteiger partial charge < -0.3 is 14.1 Å². The zero-order valence-electron chi connectivity index (χ0n) is 15.8. The normalized spacial score (nSPS) is 15.0. The number of rotatable bonds is 5. The van der Waals surface area contributed by atoms with Crippen LogP contribution >= 0.6 is 0 Å². The van der Waals surface area contributed by atoms with E-state index >= 15 is 0 Å². The van der Waals surface area contributed by atoms with Crippen LogP contribution in [0.3, 0.4) is 0 Å².